The zero-order valence-corrected chi connectivity index (χ0v) is 16.2. The highest BCUT2D eigenvalue weighted by Crippen LogP contribution is 2.36. The quantitative estimate of drug-likeness (QED) is 0.727. The lowest BCUT2D eigenvalue weighted by atomic mass is 9.89. The SMILES string of the molecule is Cc1cc(-c2noc(C(C)N3C[C@@H](CN)[C@H](c4ccccc4)C3)n2)ccc1F. The maximum absolute atomic E-state index is 13.5. The first kappa shape index (κ1) is 18.8. The van der Waals surface area contributed by atoms with Crippen molar-refractivity contribution in [1.29, 1.82) is 0 Å². The molecule has 1 unspecified atom stereocenters. The number of halogens is 1. The van der Waals surface area contributed by atoms with Gasteiger partial charge in [-0.3, -0.25) is 4.90 Å². The van der Waals surface area contributed by atoms with E-state index in [0.717, 1.165) is 18.7 Å². The number of aryl methyl sites for hydroxylation is 1. The Morgan fingerprint density at radius 2 is 2.00 bits per heavy atom. The molecule has 3 atom stereocenters. The number of hydrogen-bond donors (Lipinski definition) is 1. The van der Waals surface area contributed by atoms with E-state index in [4.69, 9.17) is 10.3 Å². The molecule has 0 saturated carbocycles. The van der Waals surface area contributed by atoms with Crippen LogP contribution in [-0.2, 0) is 0 Å². The molecule has 2 aromatic carbocycles. The summed E-state index contributed by atoms with van der Waals surface area (Å²) in [6.07, 6.45) is 0. The van der Waals surface area contributed by atoms with Gasteiger partial charge in [0.1, 0.15) is 5.82 Å². The summed E-state index contributed by atoms with van der Waals surface area (Å²) in [5.41, 5.74) is 8.70. The van der Waals surface area contributed by atoms with Crippen LogP contribution >= 0.6 is 0 Å². The summed E-state index contributed by atoms with van der Waals surface area (Å²) in [6.45, 7) is 6.25. The second kappa shape index (κ2) is 7.81. The number of nitrogens with zero attached hydrogens (tertiary/aromatic N) is 3. The fourth-order valence-electron chi connectivity index (χ4n) is 4.00. The number of nitrogens with two attached hydrogens (primary N) is 1. The number of benzene rings is 2. The molecule has 0 amide bonds. The minimum atomic E-state index is -0.238. The van der Waals surface area contributed by atoms with Gasteiger partial charge in [-0.25, -0.2) is 4.39 Å². The summed E-state index contributed by atoms with van der Waals surface area (Å²) in [6, 6.07) is 15.4. The van der Waals surface area contributed by atoms with Gasteiger partial charge >= 0.3 is 0 Å². The average Bonchev–Trinajstić information content (AvgIpc) is 3.37. The summed E-state index contributed by atoms with van der Waals surface area (Å²) in [5.74, 6) is 1.61. The number of rotatable bonds is 5. The zero-order chi connectivity index (χ0) is 19.7. The highest BCUT2D eigenvalue weighted by molar-refractivity contribution is 5.55. The van der Waals surface area contributed by atoms with Crippen LogP contribution in [0.5, 0.6) is 0 Å². The van der Waals surface area contributed by atoms with Crippen molar-refractivity contribution in [2.45, 2.75) is 25.8 Å². The van der Waals surface area contributed by atoms with Crippen molar-refractivity contribution in [3.8, 4) is 11.4 Å². The first-order valence-corrected chi connectivity index (χ1v) is 9.66. The molecule has 0 bridgehead atoms. The molecule has 146 valence electrons. The molecule has 2 N–H and O–H groups in total. The minimum Gasteiger partial charge on any atom is -0.337 e. The van der Waals surface area contributed by atoms with Crippen LogP contribution in [0.4, 0.5) is 4.39 Å². The Kier molecular flexibility index (Phi) is 5.24. The van der Waals surface area contributed by atoms with Crippen LogP contribution in [0.3, 0.4) is 0 Å². The van der Waals surface area contributed by atoms with E-state index in [2.05, 4.69) is 46.2 Å². The van der Waals surface area contributed by atoms with Gasteiger partial charge in [0.15, 0.2) is 0 Å². The smallest absolute Gasteiger partial charge is 0.244 e. The van der Waals surface area contributed by atoms with Crippen molar-refractivity contribution in [3.05, 3.63) is 71.4 Å². The molecule has 28 heavy (non-hydrogen) atoms. The van der Waals surface area contributed by atoms with Crippen LogP contribution < -0.4 is 5.73 Å². The molecule has 3 aromatic rings. The van der Waals surface area contributed by atoms with Crippen LogP contribution in [0.25, 0.3) is 11.4 Å². The topological polar surface area (TPSA) is 68.2 Å². The lowest BCUT2D eigenvalue weighted by Gasteiger charge is -2.21. The molecule has 1 aliphatic heterocycles. The summed E-state index contributed by atoms with van der Waals surface area (Å²) in [5, 5.41) is 4.11. The van der Waals surface area contributed by atoms with Crippen molar-refractivity contribution in [2.75, 3.05) is 19.6 Å². The molecule has 1 aromatic heterocycles. The molecule has 4 rings (SSSR count). The molecule has 0 radical (unpaired) electrons. The number of likely N-dealkylation sites (tertiary alicyclic amines) is 1. The summed E-state index contributed by atoms with van der Waals surface area (Å²) in [7, 11) is 0. The van der Waals surface area contributed by atoms with Crippen molar-refractivity contribution in [1.82, 2.24) is 15.0 Å². The van der Waals surface area contributed by atoms with Gasteiger partial charge in [-0.2, -0.15) is 4.98 Å². The van der Waals surface area contributed by atoms with Gasteiger partial charge in [-0.1, -0.05) is 35.5 Å². The Labute approximate surface area is 164 Å². The largest absolute Gasteiger partial charge is 0.337 e. The molecule has 5 nitrogen and oxygen atoms in total. The predicted octanol–water partition coefficient (Wildman–Crippen LogP) is 3.92. The normalized spacial score (nSPS) is 21.1. The van der Waals surface area contributed by atoms with Gasteiger partial charge in [0.05, 0.1) is 6.04 Å². The Bertz CT molecular complexity index is 943. The first-order chi connectivity index (χ1) is 13.6. The van der Waals surface area contributed by atoms with E-state index >= 15 is 0 Å². The molecule has 6 heteroatoms. The van der Waals surface area contributed by atoms with Crippen molar-refractivity contribution < 1.29 is 8.91 Å². The van der Waals surface area contributed by atoms with Crippen LogP contribution in [0.15, 0.2) is 53.1 Å². The van der Waals surface area contributed by atoms with Crippen molar-refractivity contribution >= 4 is 0 Å². The molecule has 1 saturated heterocycles. The van der Waals surface area contributed by atoms with E-state index in [1.165, 1.54) is 11.6 Å². The summed E-state index contributed by atoms with van der Waals surface area (Å²) >= 11 is 0. The highest BCUT2D eigenvalue weighted by atomic mass is 19.1. The lowest BCUT2D eigenvalue weighted by Crippen LogP contribution is -2.26. The number of hydrogen-bond acceptors (Lipinski definition) is 5. The second-order valence-corrected chi connectivity index (χ2v) is 7.56. The van der Waals surface area contributed by atoms with E-state index < -0.39 is 0 Å². The van der Waals surface area contributed by atoms with Gasteiger partial charge in [0, 0.05) is 24.6 Å². The molecule has 1 aliphatic rings. The third kappa shape index (κ3) is 3.57. The molecule has 2 heterocycles. The lowest BCUT2D eigenvalue weighted by molar-refractivity contribution is 0.202. The van der Waals surface area contributed by atoms with Gasteiger partial charge in [0.2, 0.25) is 11.7 Å². The molecule has 0 spiro atoms. The zero-order valence-electron chi connectivity index (χ0n) is 16.2. The van der Waals surface area contributed by atoms with E-state index in [1.54, 1.807) is 19.1 Å². The molecule has 0 aliphatic carbocycles. The Morgan fingerprint density at radius 3 is 2.71 bits per heavy atom. The first-order valence-electron chi connectivity index (χ1n) is 9.66. The van der Waals surface area contributed by atoms with E-state index in [0.29, 0.717) is 35.7 Å². The van der Waals surface area contributed by atoms with Crippen LogP contribution in [0.1, 0.15) is 35.9 Å². The average molecular weight is 380 g/mol. The minimum absolute atomic E-state index is 0.00874. The molecule has 1 fully saturated rings. The summed E-state index contributed by atoms with van der Waals surface area (Å²) < 4.78 is 19.1. The maximum atomic E-state index is 13.5. The van der Waals surface area contributed by atoms with E-state index in [9.17, 15) is 4.39 Å². The fraction of sp³-hybridized carbons (Fsp3) is 0.364. The highest BCUT2D eigenvalue weighted by Gasteiger charge is 2.36. The van der Waals surface area contributed by atoms with Crippen LogP contribution in [0, 0.1) is 18.7 Å². The Morgan fingerprint density at radius 1 is 1.21 bits per heavy atom. The molecular formula is C22H25FN4O. The van der Waals surface area contributed by atoms with Gasteiger partial charge < -0.3 is 10.3 Å². The third-order valence-corrected chi connectivity index (χ3v) is 5.76. The van der Waals surface area contributed by atoms with Gasteiger partial charge in [0.25, 0.3) is 0 Å². The van der Waals surface area contributed by atoms with Crippen molar-refractivity contribution in [2.24, 2.45) is 11.7 Å². The molecular weight excluding hydrogens is 355 g/mol. The van der Waals surface area contributed by atoms with Gasteiger partial charge in [-0.05, 0) is 55.6 Å². The summed E-state index contributed by atoms with van der Waals surface area (Å²) in [4.78, 5) is 6.92. The Balaban J connectivity index is 1.53. The van der Waals surface area contributed by atoms with Gasteiger partial charge in [-0.15, -0.1) is 0 Å². The third-order valence-electron chi connectivity index (χ3n) is 5.76. The van der Waals surface area contributed by atoms with Crippen molar-refractivity contribution in [3.63, 3.8) is 0 Å². The van der Waals surface area contributed by atoms with Crippen LogP contribution in [0.2, 0.25) is 0 Å². The second-order valence-electron chi connectivity index (χ2n) is 7.56. The van der Waals surface area contributed by atoms with E-state index in [1.807, 2.05) is 6.07 Å². The van der Waals surface area contributed by atoms with Crippen LogP contribution in [-0.4, -0.2) is 34.7 Å². The fourth-order valence-corrected chi connectivity index (χ4v) is 4.00. The Hall–Kier alpha value is -2.57. The standard InChI is InChI=1S/C22H25FN4O/c1-14-10-17(8-9-20(14)23)21-25-22(28-26-21)15(2)27-12-18(11-24)19(13-27)16-6-4-3-5-7-16/h3-10,15,18-19H,11-13,24H2,1-2H3/t15?,18-,19+/m1/s1. The predicted molar refractivity (Wildman–Crippen MR) is 106 cm³/mol. The monoisotopic (exact) mass is 380 g/mol. The maximum Gasteiger partial charge on any atom is 0.244 e. The van der Waals surface area contributed by atoms with E-state index in [-0.39, 0.29) is 11.9 Å². The number of aromatic nitrogens is 2.